The molecular weight excluding hydrogens is 404 g/mol. The van der Waals surface area contributed by atoms with Crippen LogP contribution >= 0.6 is 0 Å². The molecule has 0 atom stereocenters. The molecule has 0 saturated carbocycles. The Labute approximate surface area is 175 Å². The first-order chi connectivity index (χ1) is 14.5. The smallest absolute Gasteiger partial charge is 0.243 e. The minimum atomic E-state index is -3.55. The van der Waals surface area contributed by atoms with Crippen LogP contribution in [0, 0.1) is 0 Å². The van der Waals surface area contributed by atoms with Crippen LogP contribution < -0.4 is 5.32 Å². The molecule has 3 aromatic rings. The van der Waals surface area contributed by atoms with Gasteiger partial charge < -0.3 is 14.5 Å². The molecule has 1 aliphatic rings. The summed E-state index contributed by atoms with van der Waals surface area (Å²) in [4.78, 5) is 12.7. The number of carbonyl (C=O) groups is 1. The van der Waals surface area contributed by atoms with Gasteiger partial charge in [0, 0.05) is 29.7 Å². The topological polar surface area (TPSA) is 88.9 Å². The van der Waals surface area contributed by atoms with Crippen LogP contribution in [0.15, 0.2) is 58.0 Å². The van der Waals surface area contributed by atoms with Gasteiger partial charge in [0.05, 0.1) is 30.8 Å². The number of amides is 1. The standard InChI is InChI=1S/C22H24N2O5S/c1-2-16-3-8-20-17(15-29-21(20)13-16)14-22(25)23-18-4-6-19(7-5-18)30(26,27)24-9-11-28-12-10-24/h3-8,13,15H,2,9-12,14H2,1H3,(H,23,25). The van der Waals surface area contributed by atoms with Crippen LogP contribution in [0.3, 0.4) is 0 Å². The zero-order valence-corrected chi connectivity index (χ0v) is 17.6. The van der Waals surface area contributed by atoms with Gasteiger partial charge in [-0.1, -0.05) is 19.1 Å². The van der Waals surface area contributed by atoms with Gasteiger partial charge in [-0.05, 0) is 42.3 Å². The lowest BCUT2D eigenvalue weighted by Crippen LogP contribution is -2.40. The summed E-state index contributed by atoms with van der Waals surface area (Å²) in [6, 6.07) is 12.2. The molecule has 1 saturated heterocycles. The summed E-state index contributed by atoms with van der Waals surface area (Å²) in [5.74, 6) is -0.193. The van der Waals surface area contributed by atoms with Crippen LogP contribution in [-0.2, 0) is 32.4 Å². The largest absolute Gasteiger partial charge is 0.464 e. The number of morpholine rings is 1. The number of rotatable bonds is 6. The maximum atomic E-state index is 12.7. The first-order valence-electron chi connectivity index (χ1n) is 9.94. The highest BCUT2D eigenvalue weighted by Gasteiger charge is 2.26. The Morgan fingerprint density at radius 1 is 1.10 bits per heavy atom. The summed E-state index contributed by atoms with van der Waals surface area (Å²) >= 11 is 0. The molecule has 30 heavy (non-hydrogen) atoms. The molecule has 2 aromatic carbocycles. The van der Waals surface area contributed by atoms with Crippen molar-refractivity contribution in [2.45, 2.75) is 24.7 Å². The lowest BCUT2D eigenvalue weighted by atomic mass is 10.1. The van der Waals surface area contributed by atoms with Crippen molar-refractivity contribution in [1.29, 1.82) is 0 Å². The molecule has 1 fully saturated rings. The van der Waals surface area contributed by atoms with E-state index in [9.17, 15) is 13.2 Å². The van der Waals surface area contributed by atoms with Gasteiger partial charge in [0.25, 0.3) is 0 Å². The van der Waals surface area contributed by atoms with Gasteiger partial charge in [0.15, 0.2) is 0 Å². The van der Waals surface area contributed by atoms with Crippen molar-refractivity contribution in [3.63, 3.8) is 0 Å². The predicted molar refractivity (Wildman–Crippen MR) is 114 cm³/mol. The SMILES string of the molecule is CCc1ccc2c(CC(=O)Nc3ccc(S(=O)(=O)N4CCOCC4)cc3)coc2c1. The highest BCUT2D eigenvalue weighted by molar-refractivity contribution is 7.89. The fourth-order valence-corrected chi connectivity index (χ4v) is 4.92. The molecule has 0 unspecified atom stereocenters. The van der Waals surface area contributed by atoms with E-state index in [1.165, 1.54) is 22.0 Å². The van der Waals surface area contributed by atoms with E-state index in [1.54, 1.807) is 18.4 Å². The van der Waals surface area contributed by atoms with Crippen molar-refractivity contribution < 1.29 is 22.4 Å². The molecule has 0 bridgehead atoms. The second-order valence-corrected chi connectivity index (χ2v) is 9.15. The maximum Gasteiger partial charge on any atom is 0.243 e. The number of hydrogen-bond donors (Lipinski definition) is 1. The molecule has 158 valence electrons. The summed E-state index contributed by atoms with van der Waals surface area (Å²) in [5, 5.41) is 3.74. The average Bonchev–Trinajstić information content (AvgIpc) is 3.16. The number of nitrogens with one attached hydrogen (secondary N) is 1. The van der Waals surface area contributed by atoms with E-state index in [2.05, 4.69) is 12.2 Å². The fraction of sp³-hybridized carbons (Fsp3) is 0.318. The fourth-order valence-electron chi connectivity index (χ4n) is 3.51. The zero-order chi connectivity index (χ0) is 21.1. The first-order valence-corrected chi connectivity index (χ1v) is 11.4. The number of nitrogens with zero attached hydrogens (tertiary/aromatic N) is 1. The average molecular weight is 429 g/mol. The monoisotopic (exact) mass is 428 g/mol. The molecule has 8 heteroatoms. The Morgan fingerprint density at radius 3 is 2.53 bits per heavy atom. The van der Waals surface area contributed by atoms with Crippen LogP contribution in [-0.4, -0.2) is 44.9 Å². The quantitative estimate of drug-likeness (QED) is 0.651. The highest BCUT2D eigenvalue weighted by Crippen LogP contribution is 2.24. The third-order valence-corrected chi connectivity index (χ3v) is 7.14. The molecular formula is C22H24N2O5S. The molecule has 1 amide bonds. The number of sulfonamides is 1. The van der Waals surface area contributed by atoms with Crippen molar-refractivity contribution >= 4 is 32.6 Å². The van der Waals surface area contributed by atoms with Crippen molar-refractivity contribution in [2.24, 2.45) is 0 Å². The van der Waals surface area contributed by atoms with E-state index in [4.69, 9.17) is 9.15 Å². The first kappa shape index (κ1) is 20.6. The van der Waals surface area contributed by atoms with Gasteiger partial charge >= 0.3 is 0 Å². The summed E-state index contributed by atoms with van der Waals surface area (Å²) in [7, 11) is -3.55. The van der Waals surface area contributed by atoms with Crippen LogP contribution in [0.4, 0.5) is 5.69 Å². The Morgan fingerprint density at radius 2 is 1.83 bits per heavy atom. The number of benzene rings is 2. The van der Waals surface area contributed by atoms with Crippen LogP contribution in [0.25, 0.3) is 11.0 Å². The number of hydrogen-bond acceptors (Lipinski definition) is 5. The number of furan rings is 1. The minimum Gasteiger partial charge on any atom is -0.464 e. The van der Waals surface area contributed by atoms with E-state index < -0.39 is 10.0 Å². The van der Waals surface area contributed by atoms with E-state index in [1.807, 2.05) is 18.2 Å². The summed E-state index contributed by atoms with van der Waals surface area (Å²) in [5.41, 5.74) is 3.31. The Balaban J connectivity index is 1.43. The third kappa shape index (κ3) is 4.26. The minimum absolute atomic E-state index is 0.173. The molecule has 0 spiro atoms. The van der Waals surface area contributed by atoms with Gasteiger partial charge in [-0.25, -0.2) is 8.42 Å². The second-order valence-electron chi connectivity index (χ2n) is 7.21. The van der Waals surface area contributed by atoms with E-state index in [0.29, 0.717) is 32.0 Å². The predicted octanol–water partition coefficient (Wildman–Crippen LogP) is 3.20. The van der Waals surface area contributed by atoms with Crippen LogP contribution in [0.1, 0.15) is 18.1 Å². The Bertz CT molecular complexity index is 1150. The lowest BCUT2D eigenvalue weighted by Gasteiger charge is -2.26. The molecule has 7 nitrogen and oxygen atoms in total. The van der Waals surface area contributed by atoms with Gasteiger partial charge in [0.2, 0.25) is 15.9 Å². The normalized spacial score (nSPS) is 15.4. The molecule has 4 rings (SSSR count). The van der Waals surface area contributed by atoms with Crippen molar-refractivity contribution in [3.8, 4) is 0 Å². The summed E-state index contributed by atoms with van der Waals surface area (Å²) in [6.45, 7) is 3.57. The number of fused-ring (bicyclic) bond motifs is 1. The van der Waals surface area contributed by atoms with Gasteiger partial charge in [-0.15, -0.1) is 0 Å². The van der Waals surface area contributed by atoms with Crippen LogP contribution in [0.2, 0.25) is 0 Å². The Kier molecular flexibility index (Phi) is 5.90. The van der Waals surface area contributed by atoms with E-state index in [0.717, 1.165) is 23.0 Å². The van der Waals surface area contributed by atoms with Gasteiger partial charge in [0.1, 0.15) is 5.58 Å². The number of anilines is 1. The second kappa shape index (κ2) is 8.59. The molecule has 1 aliphatic heterocycles. The molecule has 1 N–H and O–H groups in total. The van der Waals surface area contributed by atoms with Gasteiger partial charge in [-0.3, -0.25) is 4.79 Å². The summed E-state index contributed by atoms with van der Waals surface area (Å²) < 4.78 is 37.6. The van der Waals surface area contributed by atoms with E-state index >= 15 is 0 Å². The van der Waals surface area contributed by atoms with Gasteiger partial charge in [-0.2, -0.15) is 4.31 Å². The van der Waals surface area contributed by atoms with Crippen molar-refractivity contribution in [1.82, 2.24) is 4.31 Å². The van der Waals surface area contributed by atoms with Crippen molar-refractivity contribution in [3.05, 3.63) is 59.9 Å². The van der Waals surface area contributed by atoms with Crippen molar-refractivity contribution in [2.75, 3.05) is 31.6 Å². The zero-order valence-electron chi connectivity index (χ0n) is 16.8. The molecule has 1 aromatic heterocycles. The van der Waals surface area contributed by atoms with E-state index in [-0.39, 0.29) is 17.2 Å². The molecule has 0 radical (unpaired) electrons. The molecule has 0 aliphatic carbocycles. The Hall–Kier alpha value is -2.68. The van der Waals surface area contributed by atoms with Crippen LogP contribution in [0.5, 0.6) is 0 Å². The lowest BCUT2D eigenvalue weighted by molar-refractivity contribution is -0.115. The number of carbonyl (C=O) groups excluding carboxylic acids is 1. The highest BCUT2D eigenvalue weighted by atomic mass is 32.2. The molecule has 2 heterocycles. The maximum absolute atomic E-state index is 12.7. The number of aryl methyl sites for hydroxylation is 1. The number of ether oxygens (including phenoxy) is 1. The summed E-state index contributed by atoms with van der Waals surface area (Å²) in [6.07, 6.45) is 2.71. The third-order valence-electron chi connectivity index (χ3n) is 5.23.